The van der Waals surface area contributed by atoms with E-state index in [2.05, 4.69) is 20.6 Å². The quantitative estimate of drug-likeness (QED) is 0.518. The Labute approximate surface area is 169 Å². The molecule has 2 aliphatic rings. The van der Waals surface area contributed by atoms with E-state index in [-0.39, 0.29) is 23.9 Å². The second-order valence-corrected chi connectivity index (χ2v) is 8.06. The Bertz CT molecular complexity index is 807. The third-order valence-corrected chi connectivity index (χ3v) is 5.83. The van der Waals surface area contributed by atoms with Crippen LogP contribution in [0.1, 0.15) is 25.7 Å². The van der Waals surface area contributed by atoms with E-state index in [1.165, 1.54) is 11.8 Å². The molecule has 1 aromatic carbocycles. The van der Waals surface area contributed by atoms with Gasteiger partial charge in [0.2, 0.25) is 5.91 Å². The average molecular weight is 403 g/mol. The van der Waals surface area contributed by atoms with Gasteiger partial charge in [0.15, 0.2) is 5.16 Å². The van der Waals surface area contributed by atoms with Crippen LogP contribution in [0.15, 0.2) is 29.4 Å². The number of thioether (sulfide) groups is 1. The van der Waals surface area contributed by atoms with Crippen LogP contribution in [-0.4, -0.2) is 60.1 Å². The van der Waals surface area contributed by atoms with Gasteiger partial charge < -0.3 is 20.1 Å². The number of fused-ring (bicyclic) bond motifs is 1. The molecule has 2 atom stereocenters. The first-order valence-electron chi connectivity index (χ1n) is 9.91. The standard InChI is InChI=1S/C20H26N4O3S/c25-18(21-11-14-5-3-9-26-14)13-28-20-23-17-8-2-1-7-16(17)19(24-20)22-12-15-6-4-10-27-15/h1-2,7-8,14-15H,3-6,9-13H2,(H,21,25)(H,22,23,24). The van der Waals surface area contributed by atoms with E-state index in [0.29, 0.717) is 11.7 Å². The topological polar surface area (TPSA) is 85.4 Å². The van der Waals surface area contributed by atoms with Gasteiger partial charge in [0.05, 0.1) is 23.5 Å². The lowest BCUT2D eigenvalue weighted by Gasteiger charge is -2.14. The fourth-order valence-electron chi connectivity index (χ4n) is 3.48. The van der Waals surface area contributed by atoms with E-state index < -0.39 is 0 Å². The third-order valence-electron chi connectivity index (χ3n) is 4.99. The fourth-order valence-corrected chi connectivity index (χ4v) is 4.17. The van der Waals surface area contributed by atoms with Crippen molar-refractivity contribution in [2.45, 2.75) is 43.0 Å². The molecule has 7 nitrogen and oxygen atoms in total. The minimum Gasteiger partial charge on any atom is -0.376 e. The molecule has 3 heterocycles. The zero-order valence-corrected chi connectivity index (χ0v) is 16.7. The molecule has 28 heavy (non-hydrogen) atoms. The molecule has 0 radical (unpaired) electrons. The molecule has 150 valence electrons. The maximum absolute atomic E-state index is 12.1. The van der Waals surface area contributed by atoms with Crippen LogP contribution in [0.4, 0.5) is 5.82 Å². The summed E-state index contributed by atoms with van der Waals surface area (Å²) in [4.78, 5) is 21.4. The number of ether oxygens (including phenoxy) is 2. The van der Waals surface area contributed by atoms with Crippen LogP contribution < -0.4 is 10.6 Å². The number of hydrogen-bond acceptors (Lipinski definition) is 7. The van der Waals surface area contributed by atoms with Crippen molar-refractivity contribution in [1.82, 2.24) is 15.3 Å². The predicted molar refractivity (Wildman–Crippen MR) is 110 cm³/mol. The lowest BCUT2D eigenvalue weighted by atomic mass is 10.2. The number of nitrogens with zero attached hydrogens (tertiary/aromatic N) is 2. The molecule has 4 rings (SSSR count). The molecule has 0 aliphatic carbocycles. The van der Waals surface area contributed by atoms with Crippen molar-refractivity contribution < 1.29 is 14.3 Å². The van der Waals surface area contributed by atoms with E-state index in [0.717, 1.165) is 62.2 Å². The molecule has 1 aromatic heterocycles. The van der Waals surface area contributed by atoms with Crippen LogP contribution in [0.2, 0.25) is 0 Å². The third kappa shape index (κ3) is 5.12. The van der Waals surface area contributed by atoms with Gasteiger partial charge >= 0.3 is 0 Å². The van der Waals surface area contributed by atoms with E-state index >= 15 is 0 Å². The highest BCUT2D eigenvalue weighted by Gasteiger charge is 2.18. The minimum absolute atomic E-state index is 0.0221. The van der Waals surface area contributed by atoms with E-state index in [4.69, 9.17) is 9.47 Å². The molecule has 1 amide bonds. The number of hydrogen-bond donors (Lipinski definition) is 2. The van der Waals surface area contributed by atoms with Crippen molar-refractivity contribution in [3.63, 3.8) is 0 Å². The summed E-state index contributed by atoms with van der Waals surface area (Å²) in [5.41, 5.74) is 0.870. The highest BCUT2D eigenvalue weighted by Crippen LogP contribution is 2.25. The summed E-state index contributed by atoms with van der Waals surface area (Å²) in [5.74, 6) is 1.06. The number of aromatic nitrogens is 2. The van der Waals surface area contributed by atoms with Gasteiger partial charge in [-0.25, -0.2) is 9.97 Å². The maximum atomic E-state index is 12.1. The molecule has 2 aliphatic heterocycles. The second-order valence-electron chi connectivity index (χ2n) is 7.12. The Balaban J connectivity index is 1.37. The number of anilines is 1. The van der Waals surface area contributed by atoms with Crippen molar-refractivity contribution in [2.24, 2.45) is 0 Å². The van der Waals surface area contributed by atoms with Gasteiger partial charge in [-0.2, -0.15) is 0 Å². The van der Waals surface area contributed by atoms with Crippen molar-refractivity contribution in [2.75, 3.05) is 37.4 Å². The molecule has 8 heteroatoms. The summed E-state index contributed by atoms with van der Waals surface area (Å²) < 4.78 is 11.2. The lowest BCUT2D eigenvalue weighted by Crippen LogP contribution is -2.32. The highest BCUT2D eigenvalue weighted by molar-refractivity contribution is 7.99. The average Bonchev–Trinajstić information content (AvgIpc) is 3.43. The van der Waals surface area contributed by atoms with Gasteiger partial charge in [0.25, 0.3) is 0 Å². The number of rotatable bonds is 8. The Kier molecular flexibility index (Phi) is 6.61. The lowest BCUT2D eigenvalue weighted by molar-refractivity contribution is -0.119. The van der Waals surface area contributed by atoms with Crippen LogP contribution in [0.25, 0.3) is 10.9 Å². The van der Waals surface area contributed by atoms with E-state index in [1.54, 1.807) is 0 Å². The number of para-hydroxylation sites is 1. The first kappa shape index (κ1) is 19.4. The number of nitrogens with one attached hydrogen (secondary N) is 2. The molecule has 0 saturated carbocycles. The zero-order valence-electron chi connectivity index (χ0n) is 15.9. The van der Waals surface area contributed by atoms with Crippen molar-refractivity contribution in [3.05, 3.63) is 24.3 Å². The van der Waals surface area contributed by atoms with Gasteiger partial charge in [0, 0.05) is 31.7 Å². The monoisotopic (exact) mass is 402 g/mol. The van der Waals surface area contributed by atoms with Crippen molar-refractivity contribution >= 4 is 34.4 Å². The molecular formula is C20H26N4O3S. The molecule has 0 spiro atoms. The van der Waals surface area contributed by atoms with E-state index in [1.807, 2.05) is 24.3 Å². The predicted octanol–water partition coefficient (Wildman–Crippen LogP) is 2.61. The van der Waals surface area contributed by atoms with Gasteiger partial charge in [-0.05, 0) is 37.8 Å². The van der Waals surface area contributed by atoms with Crippen LogP contribution in [-0.2, 0) is 14.3 Å². The SMILES string of the molecule is O=C(CSc1nc(NCC2CCCO2)c2ccccc2n1)NCC1CCCO1. The molecule has 2 N–H and O–H groups in total. The highest BCUT2D eigenvalue weighted by atomic mass is 32.2. The van der Waals surface area contributed by atoms with Gasteiger partial charge in [0.1, 0.15) is 5.82 Å². The fraction of sp³-hybridized carbons (Fsp3) is 0.550. The second kappa shape index (κ2) is 9.54. The first-order chi connectivity index (χ1) is 13.8. The van der Waals surface area contributed by atoms with Crippen LogP contribution in [0.5, 0.6) is 0 Å². The largest absolute Gasteiger partial charge is 0.376 e. The smallest absolute Gasteiger partial charge is 0.230 e. The minimum atomic E-state index is -0.0221. The number of amides is 1. The molecule has 2 unspecified atom stereocenters. The summed E-state index contributed by atoms with van der Waals surface area (Å²) >= 11 is 1.35. The Morgan fingerprint density at radius 1 is 1.07 bits per heavy atom. The van der Waals surface area contributed by atoms with E-state index in [9.17, 15) is 4.79 Å². The number of carbonyl (C=O) groups is 1. The molecule has 2 fully saturated rings. The number of carbonyl (C=O) groups excluding carboxylic acids is 1. The molecule has 2 saturated heterocycles. The van der Waals surface area contributed by atoms with Gasteiger partial charge in [-0.3, -0.25) is 4.79 Å². The summed E-state index contributed by atoms with van der Waals surface area (Å²) in [6, 6.07) is 7.92. The van der Waals surface area contributed by atoms with Crippen molar-refractivity contribution in [1.29, 1.82) is 0 Å². The summed E-state index contributed by atoms with van der Waals surface area (Å²) in [5, 5.41) is 7.93. The summed E-state index contributed by atoms with van der Waals surface area (Å²) in [6.07, 6.45) is 4.65. The first-order valence-corrected chi connectivity index (χ1v) is 10.9. The Morgan fingerprint density at radius 3 is 2.57 bits per heavy atom. The van der Waals surface area contributed by atoms with Crippen LogP contribution in [0.3, 0.4) is 0 Å². The van der Waals surface area contributed by atoms with Crippen LogP contribution in [0, 0.1) is 0 Å². The Hall–Kier alpha value is -1.90. The molecule has 0 bridgehead atoms. The molecular weight excluding hydrogens is 376 g/mol. The maximum Gasteiger partial charge on any atom is 0.230 e. The Morgan fingerprint density at radius 2 is 1.82 bits per heavy atom. The van der Waals surface area contributed by atoms with Crippen molar-refractivity contribution in [3.8, 4) is 0 Å². The van der Waals surface area contributed by atoms with Gasteiger partial charge in [-0.1, -0.05) is 23.9 Å². The zero-order chi connectivity index (χ0) is 19.2. The van der Waals surface area contributed by atoms with Crippen LogP contribution >= 0.6 is 11.8 Å². The summed E-state index contributed by atoms with van der Waals surface area (Å²) in [6.45, 7) is 2.93. The number of benzene rings is 1. The summed E-state index contributed by atoms with van der Waals surface area (Å²) in [7, 11) is 0. The normalized spacial score (nSPS) is 21.9. The molecule has 2 aromatic rings. The van der Waals surface area contributed by atoms with Gasteiger partial charge in [-0.15, -0.1) is 0 Å².